The van der Waals surface area contributed by atoms with E-state index in [0.717, 1.165) is 69.0 Å². The van der Waals surface area contributed by atoms with Crippen LogP contribution in [-0.4, -0.2) is 79.6 Å². The van der Waals surface area contributed by atoms with Gasteiger partial charge in [0.1, 0.15) is 5.75 Å². The van der Waals surface area contributed by atoms with Crippen LogP contribution in [0, 0.1) is 12.8 Å². The number of piperazine rings is 1. The number of amides is 3. The molecule has 34 heavy (non-hydrogen) atoms. The number of nitrogens with one attached hydrogen (secondary N) is 1. The van der Waals surface area contributed by atoms with Crippen LogP contribution >= 0.6 is 0 Å². The van der Waals surface area contributed by atoms with Gasteiger partial charge in [-0.1, -0.05) is 24.3 Å². The Morgan fingerprint density at radius 1 is 1.00 bits per heavy atom. The maximum atomic E-state index is 13.2. The van der Waals surface area contributed by atoms with E-state index < -0.39 is 0 Å². The van der Waals surface area contributed by atoms with Crippen LogP contribution in [0.3, 0.4) is 0 Å². The van der Waals surface area contributed by atoms with Crippen molar-refractivity contribution in [1.29, 1.82) is 0 Å². The number of anilines is 1. The molecule has 3 amide bonds. The first kappa shape index (κ1) is 24.1. The molecule has 7 nitrogen and oxygen atoms in total. The Labute approximate surface area is 202 Å². The van der Waals surface area contributed by atoms with E-state index in [1.54, 1.807) is 12.0 Å². The maximum Gasteiger partial charge on any atom is 0.321 e. The lowest BCUT2D eigenvalue weighted by atomic mass is 9.96. The summed E-state index contributed by atoms with van der Waals surface area (Å²) in [7, 11) is 1.68. The lowest BCUT2D eigenvalue weighted by Gasteiger charge is -2.39. The summed E-state index contributed by atoms with van der Waals surface area (Å²) in [4.78, 5) is 32.2. The van der Waals surface area contributed by atoms with E-state index in [-0.39, 0.29) is 17.9 Å². The number of rotatable bonds is 6. The molecule has 0 bridgehead atoms. The van der Waals surface area contributed by atoms with Crippen molar-refractivity contribution in [2.24, 2.45) is 5.92 Å². The van der Waals surface area contributed by atoms with Gasteiger partial charge in [-0.15, -0.1) is 0 Å². The summed E-state index contributed by atoms with van der Waals surface area (Å²) in [5, 5.41) is 2.98. The fraction of sp³-hybridized carbons (Fsp3) is 0.481. The third-order valence-electron chi connectivity index (χ3n) is 6.89. The van der Waals surface area contributed by atoms with Crippen LogP contribution in [-0.2, 0) is 11.2 Å². The highest BCUT2D eigenvalue weighted by Gasteiger charge is 2.32. The summed E-state index contributed by atoms with van der Waals surface area (Å²) in [6, 6.07) is 15.9. The molecule has 0 aliphatic carbocycles. The summed E-state index contributed by atoms with van der Waals surface area (Å²) in [5.41, 5.74) is 3.20. The molecule has 7 heteroatoms. The number of methoxy groups -OCH3 is 1. The number of hydrogen-bond donors (Lipinski definition) is 1. The Kier molecular flexibility index (Phi) is 8.06. The van der Waals surface area contributed by atoms with Gasteiger partial charge in [-0.3, -0.25) is 9.69 Å². The Balaban J connectivity index is 1.22. The summed E-state index contributed by atoms with van der Waals surface area (Å²) in [6.07, 6.45) is 2.70. The average molecular weight is 465 g/mol. The quantitative estimate of drug-likeness (QED) is 0.709. The highest BCUT2D eigenvalue weighted by Crippen LogP contribution is 2.21. The SMILES string of the molecule is COc1ccc(CCN2CCN(C(=O)C3CCCN(C(=O)Nc4cccc(C)c4)C3)CC2)cc1. The van der Waals surface area contributed by atoms with Gasteiger partial charge in [0, 0.05) is 51.5 Å². The summed E-state index contributed by atoms with van der Waals surface area (Å²) >= 11 is 0. The van der Waals surface area contributed by atoms with Crippen molar-refractivity contribution >= 4 is 17.6 Å². The van der Waals surface area contributed by atoms with Crippen molar-refractivity contribution in [2.45, 2.75) is 26.2 Å². The van der Waals surface area contributed by atoms with Gasteiger partial charge in [0.05, 0.1) is 13.0 Å². The lowest BCUT2D eigenvalue weighted by molar-refractivity contribution is -0.138. The molecule has 2 aliphatic rings. The topological polar surface area (TPSA) is 65.1 Å². The summed E-state index contributed by atoms with van der Waals surface area (Å²) < 4.78 is 5.23. The second-order valence-electron chi connectivity index (χ2n) is 9.35. The van der Waals surface area contributed by atoms with Gasteiger partial charge in [-0.25, -0.2) is 4.79 Å². The molecule has 0 radical (unpaired) electrons. The van der Waals surface area contributed by atoms with E-state index in [1.165, 1.54) is 5.56 Å². The Morgan fingerprint density at radius 3 is 2.47 bits per heavy atom. The minimum absolute atomic E-state index is 0.108. The first-order chi connectivity index (χ1) is 16.5. The highest BCUT2D eigenvalue weighted by atomic mass is 16.5. The number of hydrogen-bond acceptors (Lipinski definition) is 4. The number of nitrogens with zero attached hydrogens (tertiary/aromatic N) is 3. The van der Waals surface area contributed by atoms with Gasteiger partial charge in [0.2, 0.25) is 5.91 Å². The third kappa shape index (κ3) is 6.29. The molecule has 182 valence electrons. The third-order valence-corrected chi connectivity index (χ3v) is 6.89. The van der Waals surface area contributed by atoms with E-state index in [2.05, 4.69) is 22.3 Å². The molecule has 0 spiro atoms. The minimum Gasteiger partial charge on any atom is -0.497 e. The zero-order valence-corrected chi connectivity index (χ0v) is 20.3. The molecule has 2 aromatic rings. The van der Waals surface area contributed by atoms with Crippen molar-refractivity contribution in [2.75, 3.05) is 58.2 Å². The standard InChI is InChI=1S/C27H36N4O3/c1-21-5-3-7-24(19-21)28-27(33)31-13-4-6-23(20-31)26(32)30-17-15-29(16-18-30)14-12-22-8-10-25(34-2)11-9-22/h3,5,7-11,19,23H,4,6,12-18,20H2,1-2H3,(H,28,33). The Bertz CT molecular complexity index is 970. The van der Waals surface area contributed by atoms with Crippen molar-refractivity contribution in [1.82, 2.24) is 14.7 Å². The molecule has 4 rings (SSSR count). The molecule has 1 atom stereocenters. The molecule has 0 saturated carbocycles. The van der Waals surface area contributed by atoms with E-state index >= 15 is 0 Å². The highest BCUT2D eigenvalue weighted by molar-refractivity contribution is 5.90. The second kappa shape index (κ2) is 11.4. The van der Waals surface area contributed by atoms with E-state index in [0.29, 0.717) is 13.1 Å². The molecule has 2 heterocycles. The van der Waals surface area contributed by atoms with Gasteiger partial charge < -0.3 is 19.9 Å². The number of aryl methyl sites for hydroxylation is 1. The van der Waals surface area contributed by atoms with Gasteiger partial charge >= 0.3 is 6.03 Å². The predicted molar refractivity (Wildman–Crippen MR) is 134 cm³/mol. The van der Waals surface area contributed by atoms with Gasteiger partial charge in [0.25, 0.3) is 0 Å². The molecule has 2 aliphatic heterocycles. The molecule has 2 aromatic carbocycles. The number of likely N-dealkylation sites (tertiary alicyclic amines) is 1. The molecular formula is C27H36N4O3. The normalized spacial score (nSPS) is 19.1. The van der Waals surface area contributed by atoms with Crippen molar-refractivity contribution in [3.63, 3.8) is 0 Å². The molecule has 2 fully saturated rings. The average Bonchev–Trinajstić information content (AvgIpc) is 2.88. The fourth-order valence-corrected chi connectivity index (χ4v) is 4.82. The minimum atomic E-state index is -0.119. The molecule has 1 N–H and O–H groups in total. The van der Waals surface area contributed by atoms with Crippen LogP contribution in [0.15, 0.2) is 48.5 Å². The fourth-order valence-electron chi connectivity index (χ4n) is 4.82. The summed E-state index contributed by atoms with van der Waals surface area (Å²) in [5.74, 6) is 0.968. The number of piperidine rings is 1. The predicted octanol–water partition coefficient (Wildman–Crippen LogP) is 3.63. The zero-order chi connectivity index (χ0) is 23.9. The van der Waals surface area contributed by atoms with Crippen LogP contribution in [0.25, 0.3) is 0 Å². The number of urea groups is 1. The van der Waals surface area contributed by atoms with Gasteiger partial charge in [0.15, 0.2) is 0 Å². The van der Waals surface area contributed by atoms with Crippen molar-refractivity contribution in [3.8, 4) is 5.75 Å². The van der Waals surface area contributed by atoms with Crippen LogP contribution in [0.1, 0.15) is 24.0 Å². The van der Waals surface area contributed by atoms with Gasteiger partial charge in [-0.05, 0) is 61.6 Å². The zero-order valence-electron chi connectivity index (χ0n) is 20.3. The van der Waals surface area contributed by atoms with Crippen LogP contribution in [0.5, 0.6) is 5.75 Å². The molecule has 0 aromatic heterocycles. The van der Waals surface area contributed by atoms with Crippen LogP contribution in [0.4, 0.5) is 10.5 Å². The number of benzene rings is 2. The Hall–Kier alpha value is -3.06. The molecule has 1 unspecified atom stereocenters. The first-order valence-electron chi connectivity index (χ1n) is 12.3. The van der Waals surface area contributed by atoms with Gasteiger partial charge in [-0.2, -0.15) is 0 Å². The van der Waals surface area contributed by atoms with Crippen molar-refractivity contribution in [3.05, 3.63) is 59.7 Å². The largest absolute Gasteiger partial charge is 0.497 e. The number of ether oxygens (including phenoxy) is 1. The smallest absolute Gasteiger partial charge is 0.321 e. The number of carbonyl (C=O) groups excluding carboxylic acids is 2. The summed E-state index contributed by atoms with van der Waals surface area (Å²) in [6.45, 7) is 7.49. The molecule has 2 saturated heterocycles. The second-order valence-corrected chi connectivity index (χ2v) is 9.35. The monoisotopic (exact) mass is 464 g/mol. The van der Waals surface area contributed by atoms with E-state index in [9.17, 15) is 9.59 Å². The van der Waals surface area contributed by atoms with Crippen molar-refractivity contribution < 1.29 is 14.3 Å². The number of carbonyl (C=O) groups is 2. The maximum absolute atomic E-state index is 13.2. The van der Waals surface area contributed by atoms with Crippen LogP contribution in [0.2, 0.25) is 0 Å². The van der Waals surface area contributed by atoms with Crippen LogP contribution < -0.4 is 10.1 Å². The first-order valence-corrected chi connectivity index (χ1v) is 12.3. The van der Waals surface area contributed by atoms with E-state index in [4.69, 9.17) is 4.74 Å². The van der Waals surface area contributed by atoms with E-state index in [1.807, 2.05) is 48.2 Å². The lowest BCUT2D eigenvalue weighted by Crippen LogP contribution is -2.53. The molecular weight excluding hydrogens is 428 g/mol. The Morgan fingerprint density at radius 2 is 1.76 bits per heavy atom.